The molecule has 5 heteroatoms. The van der Waals surface area contributed by atoms with E-state index in [0.717, 1.165) is 58.2 Å². The number of rotatable bonds is 4. The van der Waals surface area contributed by atoms with E-state index in [1.165, 1.54) is 6.42 Å². The van der Waals surface area contributed by atoms with Gasteiger partial charge in [-0.1, -0.05) is 0 Å². The van der Waals surface area contributed by atoms with E-state index in [2.05, 4.69) is 0 Å². The van der Waals surface area contributed by atoms with Crippen molar-refractivity contribution in [3.63, 3.8) is 0 Å². The van der Waals surface area contributed by atoms with Gasteiger partial charge in [0.2, 0.25) is 5.91 Å². The van der Waals surface area contributed by atoms with Crippen molar-refractivity contribution in [2.24, 2.45) is 11.3 Å². The number of hydrogen-bond donors (Lipinski definition) is 1. The van der Waals surface area contributed by atoms with E-state index in [0.29, 0.717) is 6.42 Å². The lowest BCUT2D eigenvalue weighted by Crippen LogP contribution is -2.40. The summed E-state index contributed by atoms with van der Waals surface area (Å²) in [6.45, 7) is 2.30. The monoisotopic (exact) mass is 295 g/mol. The Balaban J connectivity index is 1.40. The van der Waals surface area contributed by atoms with Crippen molar-refractivity contribution in [1.29, 1.82) is 0 Å². The summed E-state index contributed by atoms with van der Waals surface area (Å²) in [5.74, 6) is -0.610. The maximum atomic E-state index is 12.2. The van der Waals surface area contributed by atoms with Gasteiger partial charge in [0.15, 0.2) is 0 Å². The molecule has 2 atom stereocenters. The van der Waals surface area contributed by atoms with Gasteiger partial charge in [-0.05, 0) is 50.4 Å². The van der Waals surface area contributed by atoms with E-state index >= 15 is 0 Å². The summed E-state index contributed by atoms with van der Waals surface area (Å²) in [5.41, 5.74) is 0.00902. The molecule has 0 aromatic heterocycles. The van der Waals surface area contributed by atoms with E-state index in [-0.39, 0.29) is 23.3 Å². The Kier molecular flexibility index (Phi) is 4.20. The molecule has 1 N–H and O–H groups in total. The first kappa shape index (κ1) is 14.8. The molecule has 1 spiro atoms. The van der Waals surface area contributed by atoms with Crippen LogP contribution in [0.5, 0.6) is 0 Å². The maximum Gasteiger partial charge on any atom is 0.307 e. The first-order valence-corrected chi connectivity index (χ1v) is 8.23. The first-order chi connectivity index (χ1) is 10.1. The fourth-order valence-corrected chi connectivity index (χ4v) is 3.93. The zero-order chi connectivity index (χ0) is 14.9. The Labute approximate surface area is 125 Å². The largest absolute Gasteiger partial charge is 0.481 e. The molecule has 0 radical (unpaired) electrons. The van der Waals surface area contributed by atoms with Crippen LogP contribution in [0.2, 0.25) is 0 Å². The molecule has 1 amide bonds. The van der Waals surface area contributed by atoms with Crippen LogP contribution in [0.15, 0.2) is 0 Å². The zero-order valence-corrected chi connectivity index (χ0v) is 12.6. The second-order valence-corrected chi connectivity index (χ2v) is 6.87. The number of nitrogens with zero attached hydrogens (tertiary/aromatic N) is 1. The number of ether oxygens (including phenoxy) is 1. The molecule has 0 bridgehead atoms. The second kappa shape index (κ2) is 5.95. The van der Waals surface area contributed by atoms with Crippen molar-refractivity contribution in [1.82, 2.24) is 4.90 Å². The van der Waals surface area contributed by atoms with Crippen LogP contribution in [0.25, 0.3) is 0 Å². The predicted octanol–water partition coefficient (Wildman–Crippen LogP) is 2.05. The molecular formula is C16H25NO4. The van der Waals surface area contributed by atoms with Crippen LogP contribution < -0.4 is 0 Å². The van der Waals surface area contributed by atoms with Crippen LogP contribution in [-0.2, 0) is 14.3 Å². The van der Waals surface area contributed by atoms with E-state index in [1.807, 2.05) is 4.90 Å². The van der Waals surface area contributed by atoms with Crippen LogP contribution in [0, 0.1) is 11.3 Å². The minimum Gasteiger partial charge on any atom is -0.481 e. The summed E-state index contributed by atoms with van der Waals surface area (Å²) in [6, 6.07) is 0. The minimum atomic E-state index is -0.663. The number of piperidine rings is 1. The third-order valence-electron chi connectivity index (χ3n) is 5.55. The highest BCUT2D eigenvalue weighted by atomic mass is 16.5. The Morgan fingerprint density at radius 3 is 2.57 bits per heavy atom. The van der Waals surface area contributed by atoms with E-state index in [4.69, 9.17) is 9.84 Å². The number of carbonyl (C=O) groups excluding carboxylic acids is 1. The topological polar surface area (TPSA) is 66.8 Å². The molecule has 2 unspecified atom stereocenters. The molecule has 1 aliphatic carbocycles. The molecule has 3 aliphatic rings. The van der Waals surface area contributed by atoms with E-state index in [9.17, 15) is 9.59 Å². The Hall–Kier alpha value is -1.10. The van der Waals surface area contributed by atoms with Gasteiger partial charge in [0.25, 0.3) is 0 Å². The van der Waals surface area contributed by atoms with Crippen molar-refractivity contribution in [3.8, 4) is 0 Å². The molecule has 2 aliphatic heterocycles. The summed E-state index contributed by atoms with van der Waals surface area (Å²) in [5, 5.41) is 9.08. The SMILES string of the molecule is O=C(O)C1CC12CCN(C(=O)CCC1CCCCO1)CC2. The molecule has 0 aromatic rings. The third-order valence-corrected chi connectivity index (χ3v) is 5.55. The Morgan fingerprint density at radius 1 is 1.24 bits per heavy atom. The summed E-state index contributed by atoms with van der Waals surface area (Å²) < 4.78 is 5.66. The lowest BCUT2D eigenvalue weighted by molar-refractivity contribution is -0.140. The maximum absolute atomic E-state index is 12.2. The number of carbonyl (C=O) groups is 2. The van der Waals surface area contributed by atoms with Crippen molar-refractivity contribution >= 4 is 11.9 Å². The lowest BCUT2D eigenvalue weighted by atomic mass is 9.90. The van der Waals surface area contributed by atoms with Gasteiger partial charge in [-0.25, -0.2) is 0 Å². The third kappa shape index (κ3) is 3.23. The molecule has 21 heavy (non-hydrogen) atoms. The van der Waals surface area contributed by atoms with Crippen molar-refractivity contribution < 1.29 is 19.4 Å². The smallest absolute Gasteiger partial charge is 0.307 e. The van der Waals surface area contributed by atoms with Gasteiger partial charge < -0.3 is 14.7 Å². The number of carboxylic acid groups (broad SMARTS) is 1. The number of hydrogen-bond acceptors (Lipinski definition) is 3. The minimum absolute atomic E-state index is 0.00902. The summed E-state index contributed by atoms with van der Waals surface area (Å²) in [6.07, 6.45) is 7.62. The van der Waals surface area contributed by atoms with Crippen LogP contribution >= 0.6 is 0 Å². The van der Waals surface area contributed by atoms with Crippen LogP contribution in [0.1, 0.15) is 51.4 Å². The standard InChI is InChI=1S/C16H25NO4/c18-14(5-4-12-3-1-2-10-21-12)17-8-6-16(7-9-17)11-13(16)15(19)20/h12-13H,1-11H2,(H,19,20). The summed E-state index contributed by atoms with van der Waals surface area (Å²) >= 11 is 0. The average Bonchev–Trinajstić information content (AvgIpc) is 3.21. The zero-order valence-electron chi connectivity index (χ0n) is 12.6. The van der Waals surface area contributed by atoms with Gasteiger partial charge in [0, 0.05) is 26.1 Å². The van der Waals surface area contributed by atoms with Crippen LogP contribution in [0.3, 0.4) is 0 Å². The number of likely N-dealkylation sites (tertiary alicyclic amines) is 1. The van der Waals surface area contributed by atoms with Crippen molar-refractivity contribution in [2.45, 2.75) is 57.5 Å². The molecule has 3 rings (SSSR count). The van der Waals surface area contributed by atoms with Gasteiger partial charge >= 0.3 is 5.97 Å². The Bertz CT molecular complexity index is 409. The van der Waals surface area contributed by atoms with Gasteiger partial charge in [-0.3, -0.25) is 9.59 Å². The van der Waals surface area contributed by atoms with Gasteiger partial charge in [0.1, 0.15) is 0 Å². The normalized spacial score (nSPS) is 31.1. The lowest BCUT2D eigenvalue weighted by Gasteiger charge is -2.33. The molecule has 3 fully saturated rings. The molecular weight excluding hydrogens is 270 g/mol. The fraction of sp³-hybridized carbons (Fsp3) is 0.875. The number of aliphatic carboxylic acids is 1. The summed E-state index contributed by atoms with van der Waals surface area (Å²) in [4.78, 5) is 25.2. The van der Waals surface area contributed by atoms with Gasteiger partial charge in [-0.15, -0.1) is 0 Å². The highest BCUT2D eigenvalue weighted by Crippen LogP contribution is 2.59. The van der Waals surface area contributed by atoms with Crippen LogP contribution in [0.4, 0.5) is 0 Å². The summed E-state index contributed by atoms with van der Waals surface area (Å²) in [7, 11) is 0. The second-order valence-electron chi connectivity index (χ2n) is 6.87. The van der Waals surface area contributed by atoms with E-state index < -0.39 is 5.97 Å². The molecule has 0 aromatic carbocycles. The van der Waals surface area contributed by atoms with Crippen molar-refractivity contribution in [2.75, 3.05) is 19.7 Å². The number of amides is 1. The predicted molar refractivity (Wildman–Crippen MR) is 76.8 cm³/mol. The van der Waals surface area contributed by atoms with Crippen molar-refractivity contribution in [3.05, 3.63) is 0 Å². The molecule has 2 saturated heterocycles. The molecule has 2 heterocycles. The number of carboxylic acids is 1. The van der Waals surface area contributed by atoms with Gasteiger partial charge in [-0.2, -0.15) is 0 Å². The quantitative estimate of drug-likeness (QED) is 0.862. The average molecular weight is 295 g/mol. The molecule has 1 saturated carbocycles. The van der Waals surface area contributed by atoms with Gasteiger partial charge in [0.05, 0.1) is 12.0 Å². The highest BCUT2D eigenvalue weighted by Gasteiger charge is 2.59. The van der Waals surface area contributed by atoms with E-state index in [1.54, 1.807) is 0 Å². The fourth-order valence-electron chi connectivity index (χ4n) is 3.93. The molecule has 118 valence electrons. The molecule has 5 nitrogen and oxygen atoms in total. The van der Waals surface area contributed by atoms with Crippen LogP contribution in [-0.4, -0.2) is 47.7 Å². The highest BCUT2D eigenvalue weighted by molar-refractivity contribution is 5.77. The Morgan fingerprint density at radius 2 is 2.00 bits per heavy atom. The first-order valence-electron chi connectivity index (χ1n) is 8.23.